The third-order valence-corrected chi connectivity index (χ3v) is 2.34. The Morgan fingerprint density at radius 3 is 1.89 bits per heavy atom. The molecule has 110 valence electrons. The molecule has 0 saturated carbocycles. The predicted octanol–water partition coefficient (Wildman–Crippen LogP) is 1.46. The van der Waals surface area contributed by atoms with Crippen LogP contribution < -0.4 is 0 Å². The summed E-state index contributed by atoms with van der Waals surface area (Å²) in [6.45, 7) is 5.87. The van der Waals surface area contributed by atoms with Crippen molar-refractivity contribution in [3.05, 3.63) is 0 Å². The van der Waals surface area contributed by atoms with Crippen LogP contribution in [-0.4, -0.2) is 37.7 Å². The molecule has 0 spiro atoms. The molecule has 0 aliphatic heterocycles. The molecule has 0 radical (unpaired) electrons. The van der Waals surface area contributed by atoms with Gasteiger partial charge in [0, 0.05) is 6.42 Å². The molecule has 0 aliphatic carbocycles. The first kappa shape index (κ1) is 17.4. The van der Waals surface area contributed by atoms with Crippen molar-refractivity contribution in [2.45, 2.75) is 40.0 Å². The molecule has 6 heteroatoms. The van der Waals surface area contributed by atoms with Crippen LogP contribution in [0, 0.1) is 5.92 Å². The Hall–Kier alpha value is -1.59. The summed E-state index contributed by atoms with van der Waals surface area (Å²) in [4.78, 5) is 34.3. The quantitative estimate of drug-likeness (QED) is 0.468. The third kappa shape index (κ3) is 8.18. The highest BCUT2D eigenvalue weighted by Gasteiger charge is 2.24. The molecule has 0 bridgehead atoms. The molecule has 0 amide bonds. The van der Waals surface area contributed by atoms with Crippen LogP contribution in [0.15, 0.2) is 0 Å². The van der Waals surface area contributed by atoms with Crippen molar-refractivity contribution in [3.8, 4) is 0 Å². The highest BCUT2D eigenvalue weighted by Crippen LogP contribution is 2.15. The minimum atomic E-state index is -0.664. The molecule has 0 fully saturated rings. The lowest BCUT2D eigenvalue weighted by molar-refractivity contribution is -0.155. The summed E-state index contributed by atoms with van der Waals surface area (Å²) in [6, 6.07) is 0. The van der Waals surface area contributed by atoms with Gasteiger partial charge >= 0.3 is 17.9 Å². The van der Waals surface area contributed by atoms with Crippen LogP contribution in [0.4, 0.5) is 0 Å². The van der Waals surface area contributed by atoms with E-state index in [-0.39, 0.29) is 38.4 Å². The van der Waals surface area contributed by atoms with Crippen molar-refractivity contribution in [1.82, 2.24) is 0 Å². The van der Waals surface area contributed by atoms with Gasteiger partial charge in [0.15, 0.2) is 0 Å². The van der Waals surface area contributed by atoms with E-state index >= 15 is 0 Å². The minimum Gasteiger partial charge on any atom is -0.466 e. The molecule has 0 N–H and O–H groups in total. The van der Waals surface area contributed by atoms with E-state index in [1.54, 1.807) is 20.8 Å². The van der Waals surface area contributed by atoms with Crippen LogP contribution >= 0.6 is 0 Å². The summed E-state index contributed by atoms with van der Waals surface area (Å²) in [7, 11) is 0. The Morgan fingerprint density at radius 1 is 0.842 bits per heavy atom. The van der Waals surface area contributed by atoms with Gasteiger partial charge in [-0.05, 0) is 27.2 Å². The zero-order valence-electron chi connectivity index (χ0n) is 11.8. The fraction of sp³-hybridized carbons (Fsp3) is 0.769. The van der Waals surface area contributed by atoms with Gasteiger partial charge in [0.1, 0.15) is 0 Å². The van der Waals surface area contributed by atoms with E-state index in [0.717, 1.165) is 0 Å². The first-order valence-corrected chi connectivity index (χ1v) is 6.52. The van der Waals surface area contributed by atoms with Crippen molar-refractivity contribution in [2.75, 3.05) is 19.8 Å². The van der Waals surface area contributed by atoms with Gasteiger partial charge in [0.2, 0.25) is 0 Å². The molecule has 0 aliphatic rings. The van der Waals surface area contributed by atoms with E-state index in [9.17, 15) is 14.4 Å². The van der Waals surface area contributed by atoms with Crippen LogP contribution in [0.1, 0.15) is 40.0 Å². The Bertz CT molecular complexity index is 300. The monoisotopic (exact) mass is 274 g/mol. The zero-order chi connectivity index (χ0) is 14.7. The van der Waals surface area contributed by atoms with E-state index in [1.807, 2.05) is 0 Å². The summed E-state index contributed by atoms with van der Waals surface area (Å²) in [5.74, 6) is -2.01. The number of hydrogen-bond acceptors (Lipinski definition) is 6. The Balaban J connectivity index is 4.37. The number of ether oxygens (including phenoxy) is 3. The molecule has 1 atom stereocenters. The first-order valence-electron chi connectivity index (χ1n) is 6.52. The summed E-state index contributed by atoms with van der Waals surface area (Å²) < 4.78 is 14.4. The maximum Gasteiger partial charge on any atom is 0.309 e. The van der Waals surface area contributed by atoms with Crippen LogP contribution in [0.2, 0.25) is 0 Å². The van der Waals surface area contributed by atoms with Gasteiger partial charge in [-0.3, -0.25) is 14.4 Å². The van der Waals surface area contributed by atoms with Crippen LogP contribution in [0.25, 0.3) is 0 Å². The molecule has 0 saturated heterocycles. The summed E-state index contributed by atoms with van der Waals surface area (Å²) in [5.41, 5.74) is 0. The average molecular weight is 274 g/mol. The second-order valence-corrected chi connectivity index (χ2v) is 3.80. The van der Waals surface area contributed by atoms with Crippen molar-refractivity contribution in [3.63, 3.8) is 0 Å². The number of carbonyl (C=O) groups is 3. The average Bonchev–Trinajstić information content (AvgIpc) is 2.35. The molecule has 0 aromatic heterocycles. The van der Waals surface area contributed by atoms with Gasteiger partial charge in [-0.15, -0.1) is 0 Å². The first-order chi connectivity index (χ1) is 9.04. The van der Waals surface area contributed by atoms with Crippen molar-refractivity contribution < 1.29 is 28.6 Å². The number of rotatable bonds is 9. The predicted molar refractivity (Wildman–Crippen MR) is 67.2 cm³/mol. The molecular formula is C13H22O6. The lowest BCUT2D eigenvalue weighted by Gasteiger charge is -2.14. The molecule has 19 heavy (non-hydrogen) atoms. The Labute approximate surface area is 113 Å². The van der Waals surface area contributed by atoms with E-state index in [0.29, 0.717) is 6.61 Å². The molecule has 0 rings (SSSR count). The van der Waals surface area contributed by atoms with Crippen molar-refractivity contribution in [2.24, 2.45) is 5.92 Å². The third-order valence-electron chi connectivity index (χ3n) is 2.34. The summed E-state index contributed by atoms with van der Waals surface area (Å²) in [5, 5.41) is 0. The maximum absolute atomic E-state index is 11.7. The van der Waals surface area contributed by atoms with Gasteiger partial charge in [-0.1, -0.05) is 0 Å². The van der Waals surface area contributed by atoms with Gasteiger partial charge < -0.3 is 14.2 Å². The number of hydrogen-bond donors (Lipinski definition) is 0. The Morgan fingerprint density at radius 2 is 1.37 bits per heavy atom. The van der Waals surface area contributed by atoms with Crippen LogP contribution in [0.5, 0.6) is 0 Å². The number of esters is 3. The second kappa shape index (κ2) is 10.3. The highest BCUT2D eigenvalue weighted by molar-refractivity contribution is 5.80. The summed E-state index contributed by atoms with van der Waals surface area (Å²) >= 11 is 0. The van der Waals surface area contributed by atoms with E-state index in [2.05, 4.69) is 0 Å². The Kier molecular flexibility index (Phi) is 9.48. The van der Waals surface area contributed by atoms with Gasteiger partial charge in [-0.2, -0.15) is 0 Å². The lowest BCUT2D eigenvalue weighted by atomic mass is 9.99. The normalized spacial score (nSPS) is 11.5. The van der Waals surface area contributed by atoms with Crippen molar-refractivity contribution >= 4 is 17.9 Å². The minimum absolute atomic E-state index is 0.0773. The molecule has 0 heterocycles. The van der Waals surface area contributed by atoms with E-state index in [4.69, 9.17) is 14.2 Å². The van der Waals surface area contributed by atoms with E-state index in [1.165, 1.54) is 0 Å². The smallest absolute Gasteiger partial charge is 0.309 e. The molecule has 0 unspecified atom stereocenters. The molecule has 0 aromatic carbocycles. The summed E-state index contributed by atoms with van der Waals surface area (Å²) in [6.07, 6.45) is 0.222. The standard InChI is InChI=1S/C13H22O6/c1-4-17-11(14)8-7-10(13(16)19-6-3)9-12(15)18-5-2/h10H,4-9H2,1-3H3/t10-/m0/s1. The highest BCUT2D eigenvalue weighted by atomic mass is 16.5. The van der Waals surface area contributed by atoms with E-state index < -0.39 is 17.9 Å². The largest absolute Gasteiger partial charge is 0.466 e. The second-order valence-electron chi connectivity index (χ2n) is 3.80. The van der Waals surface area contributed by atoms with Crippen LogP contribution in [-0.2, 0) is 28.6 Å². The number of carbonyl (C=O) groups excluding carboxylic acids is 3. The van der Waals surface area contributed by atoms with Gasteiger partial charge in [0.05, 0.1) is 32.2 Å². The maximum atomic E-state index is 11.7. The van der Waals surface area contributed by atoms with Crippen molar-refractivity contribution in [1.29, 1.82) is 0 Å². The topological polar surface area (TPSA) is 78.9 Å². The fourth-order valence-electron chi connectivity index (χ4n) is 1.51. The molecule has 6 nitrogen and oxygen atoms in total. The SMILES string of the molecule is CCOC(=O)CC[C@@H](CC(=O)OCC)C(=O)OCC. The molecular weight excluding hydrogens is 252 g/mol. The zero-order valence-corrected chi connectivity index (χ0v) is 11.8. The lowest BCUT2D eigenvalue weighted by Crippen LogP contribution is -2.23. The van der Waals surface area contributed by atoms with Crippen LogP contribution in [0.3, 0.4) is 0 Å². The molecule has 0 aromatic rings. The fourth-order valence-corrected chi connectivity index (χ4v) is 1.51. The van der Waals surface area contributed by atoms with Gasteiger partial charge in [-0.25, -0.2) is 0 Å². The van der Waals surface area contributed by atoms with Gasteiger partial charge in [0.25, 0.3) is 0 Å².